The molecule has 0 saturated heterocycles. The third kappa shape index (κ3) is 7.31. The summed E-state index contributed by atoms with van der Waals surface area (Å²) < 4.78 is 5.09. The number of carbonyl (C=O) groups is 3. The number of hydrogen-bond donors (Lipinski definition) is 0. The summed E-state index contributed by atoms with van der Waals surface area (Å²) in [5.74, 6) is -1.09. The number of Topliss-reactive ketones (excluding diaryl/α,β-unsaturated/α-hetero) is 1. The van der Waals surface area contributed by atoms with Gasteiger partial charge in [-0.05, 0) is 49.8 Å². The first kappa shape index (κ1) is 26.4. The minimum atomic E-state index is -0.647. The molecule has 0 radical (unpaired) electrons. The molecule has 1 unspecified atom stereocenters. The Morgan fingerprint density at radius 2 is 1.52 bits per heavy atom. The SMILES string of the molecule is CC.CN(C(=O)CCCCc1ccccc1)C1CCCC[C@H]1N(C)C(=O)C(=O)c1ccco1. The van der Waals surface area contributed by atoms with Crippen LogP contribution in [-0.2, 0) is 16.0 Å². The number of likely N-dealkylation sites (N-methyl/N-ethyl adjacent to an activating group) is 2. The molecule has 2 aromatic rings. The number of furan rings is 1. The summed E-state index contributed by atoms with van der Waals surface area (Å²) in [4.78, 5) is 41.3. The number of benzene rings is 1. The fraction of sp³-hybridized carbons (Fsp3) is 0.519. The molecule has 6 nitrogen and oxygen atoms in total. The van der Waals surface area contributed by atoms with Gasteiger partial charge >= 0.3 is 0 Å². The van der Waals surface area contributed by atoms with Crippen LogP contribution < -0.4 is 0 Å². The van der Waals surface area contributed by atoms with E-state index in [4.69, 9.17) is 4.42 Å². The van der Waals surface area contributed by atoms with E-state index in [0.29, 0.717) is 6.42 Å². The number of unbranched alkanes of at least 4 members (excludes halogenated alkanes) is 1. The molecule has 1 aliphatic carbocycles. The van der Waals surface area contributed by atoms with Gasteiger partial charge in [0.2, 0.25) is 5.91 Å². The fourth-order valence-electron chi connectivity index (χ4n) is 4.43. The van der Waals surface area contributed by atoms with E-state index in [2.05, 4.69) is 12.1 Å². The first-order valence-electron chi connectivity index (χ1n) is 12.1. The lowest BCUT2D eigenvalue weighted by atomic mass is 9.88. The van der Waals surface area contributed by atoms with Gasteiger partial charge in [-0.25, -0.2) is 0 Å². The van der Waals surface area contributed by atoms with Crippen molar-refractivity contribution in [1.29, 1.82) is 0 Å². The molecule has 6 heteroatoms. The number of amides is 2. The largest absolute Gasteiger partial charge is 0.461 e. The van der Waals surface area contributed by atoms with Crippen molar-refractivity contribution in [3.63, 3.8) is 0 Å². The Morgan fingerprint density at radius 1 is 0.879 bits per heavy atom. The normalized spacial score (nSPS) is 17.5. The number of nitrogens with zero attached hydrogens (tertiary/aromatic N) is 2. The first-order valence-corrected chi connectivity index (χ1v) is 12.1. The minimum absolute atomic E-state index is 0.0482. The molecule has 2 amide bonds. The summed E-state index contributed by atoms with van der Waals surface area (Å²) in [6.07, 6.45) is 8.26. The highest BCUT2D eigenvalue weighted by atomic mass is 16.3. The molecule has 1 fully saturated rings. The number of rotatable bonds is 9. The van der Waals surface area contributed by atoms with Crippen LogP contribution in [0.15, 0.2) is 53.1 Å². The summed E-state index contributed by atoms with van der Waals surface area (Å²) in [6.45, 7) is 4.00. The van der Waals surface area contributed by atoms with Gasteiger partial charge in [-0.1, -0.05) is 57.0 Å². The highest BCUT2D eigenvalue weighted by Gasteiger charge is 2.37. The van der Waals surface area contributed by atoms with E-state index >= 15 is 0 Å². The maximum absolute atomic E-state index is 12.9. The predicted molar refractivity (Wildman–Crippen MR) is 130 cm³/mol. The molecule has 1 saturated carbocycles. The molecule has 1 aromatic carbocycles. The Hall–Kier alpha value is -2.89. The van der Waals surface area contributed by atoms with E-state index in [1.165, 1.54) is 22.8 Å². The van der Waals surface area contributed by atoms with Gasteiger partial charge in [0.05, 0.1) is 18.3 Å². The second kappa shape index (κ2) is 13.6. The summed E-state index contributed by atoms with van der Waals surface area (Å²) >= 11 is 0. The van der Waals surface area contributed by atoms with Crippen molar-refractivity contribution in [2.75, 3.05) is 14.1 Å². The van der Waals surface area contributed by atoms with Crippen molar-refractivity contribution < 1.29 is 18.8 Å². The molecule has 0 spiro atoms. The monoisotopic (exact) mass is 454 g/mol. The van der Waals surface area contributed by atoms with Crippen LogP contribution >= 0.6 is 0 Å². The molecule has 2 atom stereocenters. The van der Waals surface area contributed by atoms with Crippen molar-refractivity contribution >= 4 is 17.6 Å². The molecule has 3 rings (SSSR count). The lowest BCUT2D eigenvalue weighted by molar-refractivity contribution is -0.138. The first-order chi connectivity index (χ1) is 16.0. The summed E-state index contributed by atoms with van der Waals surface area (Å²) in [5.41, 5.74) is 1.29. The van der Waals surface area contributed by atoms with Crippen LogP contribution in [0.25, 0.3) is 0 Å². The van der Waals surface area contributed by atoms with Gasteiger partial charge in [-0.2, -0.15) is 0 Å². The van der Waals surface area contributed by atoms with Gasteiger partial charge in [0.1, 0.15) is 0 Å². The van der Waals surface area contributed by atoms with Gasteiger partial charge in [0.15, 0.2) is 5.76 Å². The Bertz CT molecular complexity index is 864. The van der Waals surface area contributed by atoms with Crippen LogP contribution in [0, 0.1) is 0 Å². The fourth-order valence-corrected chi connectivity index (χ4v) is 4.43. The zero-order chi connectivity index (χ0) is 24.2. The third-order valence-electron chi connectivity index (χ3n) is 6.29. The smallest absolute Gasteiger partial charge is 0.298 e. The van der Waals surface area contributed by atoms with Crippen molar-refractivity contribution in [2.45, 2.75) is 77.3 Å². The van der Waals surface area contributed by atoms with Crippen LogP contribution in [0.2, 0.25) is 0 Å². The van der Waals surface area contributed by atoms with Crippen molar-refractivity contribution in [2.24, 2.45) is 0 Å². The Labute approximate surface area is 197 Å². The molecule has 1 aromatic heterocycles. The van der Waals surface area contributed by atoms with Gasteiger partial charge < -0.3 is 14.2 Å². The molecule has 180 valence electrons. The van der Waals surface area contributed by atoms with Gasteiger partial charge in [0.25, 0.3) is 11.7 Å². The number of ketones is 1. The van der Waals surface area contributed by atoms with E-state index in [1.54, 1.807) is 18.0 Å². The van der Waals surface area contributed by atoms with Crippen molar-refractivity contribution in [1.82, 2.24) is 9.80 Å². The number of carbonyl (C=O) groups excluding carboxylic acids is 3. The topological polar surface area (TPSA) is 70.8 Å². The quantitative estimate of drug-likeness (QED) is 0.299. The average molecular weight is 455 g/mol. The van der Waals surface area contributed by atoms with Gasteiger partial charge in [-0.3, -0.25) is 14.4 Å². The highest BCUT2D eigenvalue weighted by Crippen LogP contribution is 2.27. The van der Waals surface area contributed by atoms with E-state index < -0.39 is 11.7 Å². The van der Waals surface area contributed by atoms with Crippen molar-refractivity contribution in [3.8, 4) is 0 Å². The average Bonchev–Trinajstić information content (AvgIpc) is 3.41. The molecule has 1 aliphatic rings. The molecular weight excluding hydrogens is 416 g/mol. The van der Waals surface area contributed by atoms with Gasteiger partial charge in [0, 0.05) is 20.5 Å². The standard InChI is InChI=1S/C25H32N2O4.C2H6/c1-26(23(28)17-9-6-13-19-11-4-3-5-12-19)20-14-7-8-15-21(20)27(2)25(30)24(29)22-16-10-18-31-22;1-2/h3-5,10-12,16,18,20-21H,6-9,13-15,17H2,1-2H3;1-2H3/t20?,21-;/m1./s1. The second-order valence-corrected chi connectivity index (χ2v) is 8.34. The zero-order valence-electron chi connectivity index (χ0n) is 20.5. The second-order valence-electron chi connectivity index (χ2n) is 8.34. The maximum atomic E-state index is 12.9. The molecule has 0 N–H and O–H groups in total. The lowest BCUT2D eigenvalue weighted by Crippen LogP contribution is -2.55. The van der Waals surface area contributed by atoms with E-state index in [9.17, 15) is 14.4 Å². The van der Waals surface area contributed by atoms with Crippen LogP contribution in [0.5, 0.6) is 0 Å². The highest BCUT2D eigenvalue weighted by molar-refractivity contribution is 6.41. The third-order valence-corrected chi connectivity index (χ3v) is 6.29. The molecular formula is C27H38N2O4. The molecule has 1 heterocycles. The summed E-state index contributed by atoms with van der Waals surface area (Å²) in [7, 11) is 3.49. The van der Waals surface area contributed by atoms with Crippen LogP contribution in [0.3, 0.4) is 0 Å². The van der Waals surface area contributed by atoms with E-state index in [0.717, 1.165) is 44.9 Å². The van der Waals surface area contributed by atoms with Crippen LogP contribution in [0.1, 0.15) is 74.9 Å². The molecule has 0 aliphatic heterocycles. The Kier molecular flexibility index (Phi) is 10.9. The minimum Gasteiger partial charge on any atom is -0.461 e. The Morgan fingerprint density at radius 3 is 2.12 bits per heavy atom. The predicted octanol–water partition coefficient (Wildman–Crippen LogP) is 5.13. The van der Waals surface area contributed by atoms with Crippen LogP contribution in [0.4, 0.5) is 0 Å². The van der Waals surface area contributed by atoms with E-state index in [1.807, 2.05) is 39.1 Å². The van der Waals surface area contributed by atoms with Crippen molar-refractivity contribution in [3.05, 3.63) is 60.1 Å². The Balaban J connectivity index is 0.00000187. The van der Waals surface area contributed by atoms with Crippen LogP contribution in [-0.4, -0.2) is 53.6 Å². The summed E-state index contributed by atoms with van der Waals surface area (Å²) in [5, 5.41) is 0. The molecule has 33 heavy (non-hydrogen) atoms. The number of aryl methyl sites for hydroxylation is 1. The number of hydrogen-bond acceptors (Lipinski definition) is 4. The lowest BCUT2D eigenvalue weighted by Gasteiger charge is -2.42. The summed E-state index contributed by atoms with van der Waals surface area (Å²) in [6, 6.07) is 13.1. The maximum Gasteiger partial charge on any atom is 0.298 e. The zero-order valence-corrected chi connectivity index (χ0v) is 20.5. The van der Waals surface area contributed by atoms with E-state index in [-0.39, 0.29) is 23.8 Å². The molecule has 0 bridgehead atoms. The van der Waals surface area contributed by atoms with Gasteiger partial charge in [-0.15, -0.1) is 0 Å².